The molecule has 3 aromatic carbocycles. The zero-order valence-electron chi connectivity index (χ0n) is 35.7. The van der Waals surface area contributed by atoms with Gasteiger partial charge in [0, 0.05) is 67.6 Å². The maximum Gasteiger partial charge on any atom is 0.293 e. The summed E-state index contributed by atoms with van der Waals surface area (Å²) in [5.74, 6) is -0.957. The lowest BCUT2D eigenvalue weighted by Crippen LogP contribution is -2.47. The van der Waals surface area contributed by atoms with Gasteiger partial charge in [-0.1, -0.05) is 43.2 Å². The van der Waals surface area contributed by atoms with Crippen LogP contribution in [0.2, 0.25) is 5.02 Å². The van der Waals surface area contributed by atoms with Gasteiger partial charge in [-0.05, 0) is 116 Å². The van der Waals surface area contributed by atoms with E-state index in [0.717, 1.165) is 67.1 Å². The number of hydrogen-bond acceptors (Lipinski definition) is 11. The highest BCUT2D eigenvalue weighted by atomic mass is 35.5. The number of allylic oxidation sites excluding steroid dienone is 1. The molecule has 1 aliphatic carbocycles. The summed E-state index contributed by atoms with van der Waals surface area (Å²) < 4.78 is 46.7. The first-order valence-electron chi connectivity index (χ1n) is 21.5. The van der Waals surface area contributed by atoms with Crippen LogP contribution in [0.15, 0.2) is 95.7 Å². The predicted molar refractivity (Wildman–Crippen MR) is 248 cm³/mol. The summed E-state index contributed by atoms with van der Waals surface area (Å²) in [6.07, 6.45) is 7.00. The van der Waals surface area contributed by atoms with Gasteiger partial charge in [0.25, 0.3) is 21.6 Å². The molecule has 2 fully saturated rings. The number of aromatic amines is 1. The maximum atomic E-state index is 15.3. The number of benzene rings is 3. The Labute approximate surface area is 375 Å². The van der Waals surface area contributed by atoms with Crippen LogP contribution < -0.4 is 20.3 Å². The van der Waals surface area contributed by atoms with Gasteiger partial charge in [0.2, 0.25) is 0 Å². The highest BCUT2D eigenvalue weighted by molar-refractivity contribution is 7.90. The Hall–Kier alpha value is -5.88. The van der Waals surface area contributed by atoms with Crippen molar-refractivity contribution in [2.24, 2.45) is 5.41 Å². The van der Waals surface area contributed by atoms with Gasteiger partial charge in [0.1, 0.15) is 22.5 Å². The summed E-state index contributed by atoms with van der Waals surface area (Å²) in [5.41, 5.74) is 5.12. The van der Waals surface area contributed by atoms with Gasteiger partial charge < -0.3 is 20.5 Å². The second kappa shape index (κ2) is 17.3. The molecule has 64 heavy (non-hydrogen) atoms. The van der Waals surface area contributed by atoms with Gasteiger partial charge in [0.15, 0.2) is 0 Å². The summed E-state index contributed by atoms with van der Waals surface area (Å²) in [5, 5.41) is 24.2. The number of anilines is 2. The van der Waals surface area contributed by atoms with E-state index in [1.54, 1.807) is 29.2 Å². The Morgan fingerprint density at radius 3 is 2.50 bits per heavy atom. The molecular formula is C46H50ClFN10O5S. The molecule has 3 aromatic heterocycles. The van der Waals surface area contributed by atoms with Crippen LogP contribution >= 0.6 is 11.6 Å². The molecule has 18 heteroatoms. The number of piperazine rings is 1. The summed E-state index contributed by atoms with van der Waals surface area (Å²) in [4.78, 5) is 37.6. The van der Waals surface area contributed by atoms with Crippen molar-refractivity contribution in [3.8, 4) is 5.69 Å². The average molecular weight is 909 g/mol. The van der Waals surface area contributed by atoms with E-state index < -0.39 is 37.1 Å². The van der Waals surface area contributed by atoms with E-state index in [1.807, 2.05) is 30.3 Å². The number of rotatable bonds is 12. The molecule has 0 bridgehead atoms. The van der Waals surface area contributed by atoms with Gasteiger partial charge >= 0.3 is 0 Å². The number of alkyl halides is 1. The molecule has 0 radical (unpaired) electrons. The maximum absolute atomic E-state index is 15.3. The highest BCUT2D eigenvalue weighted by Gasteiger charge is 2.34. The number of nitrogens with one attached hydrogen (secondary N) is 4. The fourth-order valence-electron chi connectivity index (χ4n) is 9.12. The number of pyridine rings is 1. The molecule has 0 saturated carbocycles. The number of hydrogen-bond donors (Lipinski definition) is 4. The van der Waals surface area contributed by atoms with Gasteiger partial charge in [-0.25, -0.2) is 27.2 Å². The van der Waals surface area contributed by atoms with E-state index in [1.165, 1.54) is 22.8 Å². The predicted octanol–water partition coefficient (Wildman–Crippen LogP) is 7.87. The van der Waals surface area contributed by atoms with Crippen molar-refractivity contribution in [2.45, 2.75) is 56.5 Å². The molecule has 3 aliphatic rings. The number of nitro groups is 1. The second-order valence-corrected chi connectivity index (χ2v) is 20.0. The van der Waals surface area contributed by atoms with Gasteiger partial charge in [-0.2, -0.15) is 5.10 Å². The largest absolute Gasteiger partial charge is 0.376 e. The minimum absolute atomic E-state index is 0.00928. The second-order valence-electron chi connectivity index (χ2n) is 17.9. The van der Waals surface area contributed by atoms with Crippen LogP contribution in [0.4, 0.5) is 21.5 Å². The van der Waals surface area contributed by atoms with Crippen LogP contribution in [0.25, 0.3) is 33.3 Å². The smallest absolute Gasteiger partial charge is 0.293 e. The number of halogens is 2. The minimum atomic E-state index is -4.64. The summed E-state index contributed by atoms with van der Waals surface area (Å²) in [6.45, 7) is 9.36. The third-order valence-corrected chi connectivity index (χ3v) is 14.4. The van der Waals surface area contributed by atoms with Crippen molar-refractivity contribution in [1.29, 1.82) is 0 Å². The highest BCUT2D eigenvalue weighted by Crippen LogP contribution is 2.43. The van der Waals surface area contributed by atoms with Crippen LogP contribution in [0.3, 0.4) is 0 Å². The monoisotopic (exact) mass is 908 g/mol. The number of sulfonamides is 1. The van der Waals surface area contributed by atoms with Crippen molar-refractivity contribution in [3.05, 3.63) is 117 Å². The lowest BCUT2D eigenvalue weighted by Gasteiger charge is -2.39. The molecule has 0 unspecified atom stereocenters. The molecule has 0 atom stereocenters. The average Bonchev–Trinajstić information content (AvgIpc) is 3.92. The first-order chi connectivity index (χ1) is 30.6. The van der Waals surface area contributed by atoms with Crippen molar-refractivity contribution >= 4 is 72.2 Å². The van der Waals surface area contributed by atoms with Crippen molar-refractivity contribution in [1.82, 2.24) is 34.7 Å². The quantitative estimate of drug-likeness (QED) is 0.0693. The van der Waals surface area contributed by atoms with E-state index in [-0.39, 0.29) is 36.1 Å². The zero-order chi connectivity index (χ0) is 44.8. The summed E-state index contributed by atoms with van der Waals surface area (Å²) in [7, 11) is -4.64. The Kier molecular flexibility index (Phi) is 11.7. The lowest BCUT2D eigenvalue weighted by molar-refractivity contribution is -0.384. The van der Waals surface area contributed by atoms with Gasteiger partial charge in [-0.3, -0.25) is 19.8 Å². The van der Waals surface area contributed by atoms with E-state index in [4.69, 9.17) is 16.6 Å². The Bertz CT molecular complexity index is 2900. The van der Waals surface area contributed by atoms with E-state index >= 15 is 4.39 Å². The molecule has 4 N–H and O–H groups in total. The van der Waals surface area contributed by atoms with Crippen LogP contribution in [0.5, 0.6) is 0 Å². The Balaban J connectivity index is 0.977. The number of nitrogens with zero attached hydrogens (tertiary/aromatic N) is 6. The first kappa shape index (κ1) is 43.4. The van der Waals surface area contributed by atoms with E-state index in [2.05, 4.69) is 61.2 Å². The molecule has 1 amide bonds. The third kappa shape index (κ3) is 9.07. The molecule has 2 aliphatic heterocycles. The number of carbonyl (C=O) groups excluding carboxylic acids is 1. The van der Waals surface area contributed by atoms with Crippen LogP contribution in [-0.4, -0.2) is 102 Å². The number of aromatic nitrogens is 4. The number of nitro benzene ring substituents is 1. The normalized spacial score (nSPS) is 18.1. The standard InChI is InChI=1S/C46H50ClFN10O5S/c1-45(2)13-11-32(37(26-45)30-3-5-33(47)6-4-30)28-55-19-21-56(22-20-55)34-7-9-36(40(24-34)57-41-23-31-12-16-50-43(31)53-39(41)27-52-57)44(59)54-64(62,63)35-8-10-38(42(25-35)58(60)61)51-29-46(48)14-17-49-18-15-46/h3-10,12,16,23-25,27,49,51H,11,13-15,17-22,26,28-29H2,1-2H3,(H,50,53)(H,54,59). The van der Waals surface area contributed by atoms with Crippen LogP contribution in [0, 0.1) is 15.5 Å². The van der Waals surface area contributed by atoms with E-state index in [9.17, 15) is 23.3 Å². The number of H-pyrrole nitrogens is 1. The molecule has 0 spiro atoms. The number of piperidine rings is 1. The fourth-order valence-corrected chi connectivity index (χ4v) is 10.2. The zero-order valence-corrected chi connectivity index (χ0v) is 37.2. The SMILES string of the molecule is CC1(C)CCC(CN2CCN(c3ccc(C(=O)NS(=O)(=O)c4ccc(NCC5(F)CCNCC5)c([N+](=O)[O-])c4)c(-n4ncc5nc6[nH]ccc6cc54)c3)CC2)=C(c2ccc(Cl)cc2)C1. The number of carbonyl (C=O) groups is 1. The van der Waals surface area contributed by atoms with Crippen LogP contribution in [-0.2, 0) is 10.0 Å². The van der Waals surface area contributed by atoms with Crippen molar-refractivity contribution in [2.75, 3.05) is 62.6 Å². The van der Waals surface area contributed by atoms with Gasteiger partial charge in [0.05, 0.1) is 32.8 Å². The van der Waals surface area contributed by atoms with E-state index in [0.29, 0.717) is 48.5 Å². The lowest BCUT2D eigenvalue weighted by atomic mass is 9.72. The minimum Gasteiger partial charge on any atom is -0.376 e. The van der Waals surface area contributed by atoms with Crippen molar-refractivity contribution < 1.29 is 22.5 Å². The Morgan fingerprint density at radius 2 is 1.75 bits per heavy atom. The fraction of sp³-hybridized carbons (Fsp3) is 0.370. The molecule has 6 aromatic rings. The molecule has 15 nitrogen and oxygen atoms in total. The number of fused-ring (bicyclic) bond motifs is 2. The summed E-state index contributed by atoms with van der Waals surface area (Å²) >= 11 is 6.25. The molecule has 2 saturated heterocycles. The molecular weight excluding hydrogens is 859 g/mol. The van der Waals surface area contributed by atoms with Crippen molar-refractivity contribution in [3.63, 3.8) is 0 Å². The summed E-state index contributed by atoms with van der Waals surface area (Å²) in [6, 6.07) is 20.4. The number of amides is 1. The third-order valence-electron chi connectivity index (χ3n) is 12.8. The van der Waals surface area contributed by atoms with Crippen LogP contribution in [0.1, 0.15) is 61.9 Å². The molecule has 5 heterocycles. The topological polar surface area (TPSA) is 183 Å². The van der Waals surface area contributed by atoms with Gasteiger partial charge in [-0.15, -0.1) is 0 Å². The molecule has 334 valence electrons. The first-order valence-corrected chi connectivity index (χ1v) is 23.4. The molecule has 9 rings (SSSR count). The Morgan fingerprint density at radius 1 is 0.984 bits per heavy atom.